The van der Waals surface area contributed by atoms with Crippen molar-refractivity contribution in [2.45, 2.75) is 89.6 Å². The predicted molar refractivity (Wildman–Crippen MR) is 293 cm³/mol. The molecule has 6 aromatic rings. The average Bonchev–Trinajstić information content (AvgIpc) is 3.37. The molecule has 0 unspecified atom stereocenters. The van der Waals surface area contributed by atoms with E-state index in [2.05, 4.69) is 50.5 Å². The second-order valence-corrected chi connectivity index (χ2v) is 27.7. The molecule has 0 atom stereocenters. The number of hydrogen-bond donors (Lipinski definition) is 0. The summed E-state index contributed by atoms with van der Waals surface area (Å²) in [5.74, 6) is 3.38. The van der Waals surface area contributed by atoms with Gasteiger partial charge in [-0.1, -0.05) is 111 Å². The highest BCUT2D eigenvalue weighted by molar-refractivity contribution is 6.84. The lowest BCUT2D eigenvalue weighted by Gasteiger charge is -2.34. The Labute approximate surface area is 423 Å². The fourth-order valence-electron chi connectivity index (χ4n) is 8.22. The zero-order chi connectivity index (χ0) is 50.3. The van der Waals surface area contributed by atoms with Crippen molar-refractivity contribution in [3.8, 4) is 56.8 Å². The molecule has 0 saturated carbocycles. The molecule has 0 amide bonds. The number of unbranched alkanes of at least 4 members (excludes halogenated alkanes) is 6. The number of carbonyl (C=O) groups excluding carboxylic acids is 2. The van der Waals surface area contributed by atoms with Crippen molar-refractivity contribution in [1.29, 1.82) is 0 Å². The second kappa shape index (κ2) is 27.7. The average molecular weight is 991 g/mol. The molecule has 0 spiro atoms. The van der Waals surface area contributed by atoms with Gasteiger partial charge in [-0.25, -0.2) is 9.59 Å². The maximum atomic E-state index is 12.3. The first kappa shape index (κ1) is 53.7. The minimum Gasteiger partial charge on any atom is -0.497 e. The maximum absolute atomic E-state index is 12.3. The lowest BCUT2D eigenvalue weighted by atomic mass is 10.1. The number of hydrogen-bond acceptors (Lipinski definition) is 9. The zero-order valence-corrected chi connectivity index (χ0v) is 44.3. The lowest BCUT2D eigenvalue weighted by Crippen LogP contribution is -2.44. The van der Waals surface area contributed by atoms with Crippen molar-refractivity contribution in [3.63, 3.8) is 0 Å². The molecule has 9 nitrogen and oxygen atoms in total. The Morgan fingerprint density at radius 2 is 0.676 bits per heavy atom. The van der Waals surface area contributed by atoms with Gasteiger partial charge in [0.1, 0.15) is 34.5 Å². The monoisotopic (exact) mass is 990 g/mol. The molecule has 0 aliphatic rings. The summed E-state index contributed by atoms with van der Waals surface area (Å²) >= 11 is 0. The number of carbonyl (C=O) groups is 2. The summed E-state index contributed by atoms with van der Waals surface area (Å²) in [6.45, 7) is 11.0. The van der Waals surface area contributed by atoms with Crippen LogP contribution in [0.15, 0.2) is 158 Å². The molecule has 372 valence electrons. The van der Waals surface area contributed by atoms with Gasteiger partial charge in [0.05, 0.1) is 27.4 Å². The molecule has 0 aromatic heterocycles. The van der Waals surface area contributed by atoms with Crippen LogP contribution in [0.3, 0.4) is 0 Å². The van der Waals surface area contributed by atoms with Crippen LogP contribution in [0.2, 0.25) is 38.3 Å². The molecule has 6 aromatic carbocycles. The normalized spacial score (nSPS) is 11.7. The molecule has 0 bridgehead atoms. The van der Waals surface area contributed by atoms with E-state index in [1.807, 2.05) is 97.1 Å². The van der Waals surface area contributed by atoms with E-state index in [0.717, 1.165) is 82.1 Å². The van der Waals surface area contributed by atoms with E-state index >= 15 is 0 Å². The molecule has 0 aliphatic carbocycles. The molecule has 0 aliphatic heterocycles. The van der Waals surface area contributed by atoms with Gasteiger partial charge in [0.2, 0.25) is 0 Å². The van der Waals surface area contributed by atoms with E-state index in [9.17, 15) is 9.59 Å². The maximum Gasteiger partial charge on any atom is 0.336 e. The molecule has 71 heavy (non-hydrogen) atoms. The molecular weight excluding hydrogens is 921 g/mol. The van der Waals surface area contributed by atoms with Crippen molar-refractivity contribution < 1.29 is 42.1 Å². The van der Waals surface area contributed by atoms with Gasteiger partial charge in [-0.2, -0.15) is 0 Å². The van der Waals surface area contributed by atoms with E-state index in [1.54, 1.807) is 50.6 Å². The number of rotatable bonds is 28. The fourth-order valence-corrected chi connectivity index (χ4v) is 17.2. The molecule has 0 saturated heterocycles. The summed E-state index contributed by atoms with van der Waals surface area (Å²) in [5.41, 5.74) is 5.97. The van der Waals surface area contributed by atoms with Gasteiger partial charge in [0.15, 0.2) is 16.6 Å². The summed E-state index contributed by atoms with van der Waals surface area (Å²) in [6.07, 6.45) is 15.4. The van der Waals surface area contributed by atoms with Crippen molar-refractivity contribution >= 4 is 40.7 Å². The SMILES string of the molecule is COc1ccc(/C=C/C(=O)Oc2ccc(-c3ccc(OCCCCCC[Si](C)(C)O[Si](C)(C)CCCCCCOc4ccc(-c5ccc(OC(=O)/C=C/c6ccc(OC)cc6)cc5)cc4)cc3)cc2)cc1. The molecule has 0 N–H and O–H groups in total. The standard InChI is InChI=1S/C60H70O9Si2/c1-63-53-29-15-47(16-30-53)19-41-59(61)67-57-37-25-51(26-38-57)49-21-33-55(34-22-49)65-43-11-7-9-13-45-70(3,4)69-71(5,6)46-14-10-8-12-44-66-56-35-23-50(24-36-56)52-27-39-58(40-28-52)68-60(62)42-20-48-17-31-54(64-2)32-18-48/h15-42H,7-14,43-46H2,1-6H3/b41-19+,42-20+. The molecule has 6 rings (SSSR count). The van der Waals surface area contributed by atoms with Crippen LogP contribution >= 0.6 is 0 Å². The Hall–Kier alpha value is -6.67. The highest BCUT2D eigenvalue weighted by Gasteiger charge is 2.32. The van der Waals surface area contributed by atoms with Crippen LogP contribution in [-0.4, -0.2) is 56.0 Å². The van der Waals surface area contributed by atoms with Gasteiger partial charge < -0.3 is 32.5 Å². The molecule has 0 fully saturated rings. The van der Waals surface area contributed by atoms with Crippen LogP contribution in [0.25, 0.3) is 34.4 Å². The Bertz CT molecular complexity index is 2400. The smallest absolute Gasteiger partial charge is 0.336 e. The number of esters is 2. The summed E-state index contributed by atoms with van der Waals surface area (Å²) in [6, 6.07) is 48.6. The van der Waals surface area contributed by atoms with Crippen LogP contribution in [-0.2, 0) is 13.7 Å². The van der Waals surface area contributed by atoms with Crippen LogP contribution in [0.5, 0.6) is 34.5 Å². The third-order valence-corrected chi connectivity index (χ3v) is 19.5. The molecule has 11 heteroatoms. The minimum atomic E-state index is -1.73. The van der Waals surface area contributed by atoms with Gasteiger partial charge in [0.25, 0.3) is 0 Å². The van der Waals surface area contributed by atoms with Gasteiger partial charge >= 0.3 is 11.9 Å². The largest absolute Gasteiger partial charge is 0.497 e. The van der Waals surface area contributed by atoms with E-state index in [-0.39, 0.29) is 0 Å². The van der Waals surface area contributed by atoms with Crippen LogP contribution in [0, 0.1) is 0 Å². The second-order valence-electron chi connectivity index (χ2n) is 18.8. The molecule has 0 radical (unpaired) electrons. The molecular formula is C60H70O9Si2. The van der Waals surface area contributed by atoms with Crippen LogP contribution < -0.4 is 28.4 Å². The van der Waals surface area contributed by atoms with E-state index in [4.69, 9.17) is 32.5 Å². The topological polar surface area (TPSA) is 98.8 Å². The quantitative estimate of drug-likeness (QED) is 0.0156. The third kappa shape index (κ3) is 19.2. The van der Waals surface area contributed by atoms with Crippen molar-refractivity contribution in [1.82, 2.24) is 0 Å². The van der Waals surface area contributed by atoms with E-state index in [0.29, 0.717) is 24.7 Å². The van der Waals surface area contributed by atoms with Gasteiger partial charge in [-0.05, 0) is 169 Å². The Morgan fingerprint density at radius 3 is 1.00 bits per heavy atom. The predicted octanol–water partition coefficient (Wildman–Crippen LogP) is 15.3. The summed E-state index contributed by atoms with van der Waals surface area (Å²) in [4.78, 5) is 24.7. The van der Waals surface area contributed by atoms with Crippen LogP contribution in [0.4, 0.5) is 0 Å². The highest BCUT2D eigenvalue weighted by Crippen LogP contribution is 2.29. The first-order valence-electron chi connectivity index (χ1n) is 24.8. The number of benzene rings is 6. The fraction of sp³-hybridized carbons (Fsp3) is 0.300. The van der Waals surface area contributed by atoms with Crippen molar-refractivity contribution in [3.05, 3.63) is 169 Å². The summed E-state index contributed by atoms with van der Waals surface area (Å²) in [7, 11) is -0.220. The number of methoxy groups -OCH3 is 2. The number of ether oxygens (including phenoxy) is 6. The van der Waals surface area contributed by atoms with Crippen molar-refractivity contribution in [2.24, 2.45) is 0 Å². The molecule has 0 heterocycles. The van der Waals surface area contributed by atoms with Crippen LogP contribution in [0.1, 0.15) is 62.5 Å². The van der Waals surface area contributed by atoms with Gasteiger partial charge in [-0.15, -0.1) is 0 Å². The highest BCUT2D eigenvalue weighted by atomic mass is 28.4. The first-order valence-corrected chi connectivity index (χ1v) is 31.0. The summed E-state index contributed by atoms with van der Waals surface area (Å²) < 4.78 is 40.4. The minimum absolute atomic E-state index is 0.434. The van der Waals surface area contributed by atoms with Gasteiger partial charge in [0, 0.05) is 12.2 Å². The lowest BCUT2D eigenvalue weighted by molar-refractivity contribution is -0.129. The first-order chi connectivity index (χ1) is 34.3. The summed E-state index contributed by atoms with van der Waals surface area (Å²) in [5, 5.41) is 0. The van der Waals surface area contributed by atoms with Gasteiger partial charge in [-0.3, -0.25) is 0 Å². The van der Waals surface area contributed by atoms with E-state index in [1.165, 1.54) is 49.9 Å². The van der Waals surface area contributed by atoms with E-state index < -0.39 is 28.6 Å². The Balaban J connectivity index is 0.773. The Kier molecular flexibility index (Phi) is 20.9. The third-order valence-electron chi connectivity index (χ3n) is 12.0. The van der Waals surface area contributed by atoms with Crippen molar-refractivity contribution in [2.75, 3.05) is 27.4 Å². The zero-order valence-electron chi connectivity index (χ0n) is 42.3. The Morgan fingerprint density at radius 1 is 0.380 bits per heavy atom.